The largest absolute Gasteiger partial charge is 0.448 e. The van der Waals surface area contributed by atoms with Gasteiger partial charge in [-0.2, -0.15) is 5.10 Å². The molecule has 2 fully saturated rings. The minimum atomic E-state index is -0.131. The standard InChI is InChI=1S/C16H25N5O2/c22-16-20(8-9-23-16)14-2-6-19(7-3-14)12-13-10-15-11-17-4-1-5-21(15)18-13/h10,14,17H,1-9,11-12H2. The Morgan fingerprint density at radius 2 is 2.13 bits per heavy atom. The molecule has 0 spiro atoms. The molecular weight excluding hydrogens is 294 g/mol. The molecule has 4 heterocycles. The van der Waals surface area contributed by atoms with Gasteiger partial charge in [0.05, 0.1) is 17.9 Å². The fourth-order valence-corrected chi connectivity index (χ4v) is 3.85. The van der Waals surface area contributed by atoms with E-state index in [4.69, 9.17) is 9.84 Å². The summed E-state index contributed by atoms with van der Waals surface area (Å²) < 4.78 is 7.21. The van der Waals surface area contributed by atoms with Crippen LogP contribution >= 0.6 is 0 Å². The second-order valence-electron chi connectivity index (χ2n) is 6.70. The maximum Gasteiger partial charge on any atom is 0.410 e. The highest BCUT2D eigenvalue weighted by Crippen LogP contribution is 2.21. The van der Waals surface area contributed by atoms with Crippen molar-refractivity contribution in [3.63, 3.8) is 0 Å². The third kappa shape index (κ3) is 3.21. The summed E-state index contributed by atoms with van der Waals surface area (Å²) in [6, 6.07) is 2.59. The summed E-state index contributed by atoms with van der Waals surface area (Å²) in [4.78, 5) is 16.0. The molecule has 126 valence electrons. The molecular formula is C16H25N5O2. The van der Waals surface area contributed by atoms with Crippen molar-refractivity contribution in [2.45, 2.75) is 44.9 Å². The van der Waals surface area contributed by atoms with E-state index in [1.807, 2.05) is 4.90 Å². The van der Waals surface area contributed by atoms with Crippen molar-refractivity contribution in [3.05, 3.63) is 17.5 Å². The number of cyclic esters (lactones) is 1. The van der Waals surface area contributed by atoms with Crippen molar-refractivity contribution in [1.82, 2.24) is 24.9 Å². The van der Waals surface area contributed by atoms with E-state index in [0.717, 1.165) is 65.1 Å². The summed E-state index contributed by atoms with van der Waals surface area (Å²) in [5.74, 6) is 0. The van der Waals surface area contributed by atoms with Gasteiger partial charge in [0, 0.05) is 38.8 Å². The Morgan fingerprint density at radius 3 is 2.91 bits per heavy atom. The van der Waals surface area contributed by atoms with Crippen LogP contribution in [0.4, 0.5) is 4.79 Å². The molecule has 1 N–H and O–H groups in total. The maximum atomic E-state index is 11.7. The van der Waals surface area contributed by atoms with Gasteiger partial charge in [-0.3, -0.25) is 9.58 Å². The number of piperidine rings is 1. The molecule has 23 heavy (non-hydrogen) atoms. The zero-order valence-electron chi connectivity index (χ0n) is 13.5. The Balaban J connectivity index is 1.32. The number of aromatic nitrogens is 2. The lowest BCUT2D eigenvalue weighted by Gasteiger charge is -2.35. The molecule has 0 aliphatic carbocycles. The van der Waals surface area contributed by atoms with Crippen LogP contribution in [-0.4, -0.2) is 64.5 Å². The number of rotatable bonds is 3. The summed E-state index contributed by atoms with van der Waals surface area (Å²) >= 11 is 0. The molecule has 1 aromatic heterocycles. The number of aryl methyl sites for hydroxylation is 1. The number of ether oxygens (including phenoxy) is 1. The Bertz CT molecular complexity index is 541. The lowest BCUT2D eigenvalue weighted by molar-refractivity contribution is 0.114. The molecule has 1 amide bonds. The van der Waals surface area contributed by atoms with Crippen LogP contribution in [0.15, 0.2) is 6.07 Å². The van der Waals surface area contributed by atoms with E-state index in [2.05, 4.69) is 21.0 Å². The van der Waals surface area contributed by atoms with Crippen LogP contribution in [0.1, 0.15) is 30.7 Å². The SMILES string of the molecule is O=C1OCCN1C1CCN(Cc2cc3n(n2)CCCNC3)CC1. The lowest BCUT2D eigenvalue weighted by Crippen LogP contribution is -2.45. The molecule has 0 radical (unpaired) electrons. The maximum absolute atomic E-state index is 11.7. The summed E-state index contributed by atoms with van der Waals surface area (Å²) in [5, 5.41) is 8.20. The third-order valence-electron chi connectivity index (χ3n) is 5.12. The van der Waals surface area contributed by atoms with Crippen LogP contribution in [0.2, 0.25) is 0 Å². The number of carbonyl (C=O) groups excluding carboxylic acids is 1. The van der Waals surface area contributed by atoms with Crippen molar-refractivity contribution in [3.8, 4) is 0 Å². The molecule has 4 rings (SSSR count). The molecule has 1 aromatic rings. The molecule has 3 aliphatic rings. The summed E-state index contributed by atoms with van der Waals surface area (Å²) in [7, 11) is 0. The van der Waals surface area contributed by atoms with Crippen LogP contribution < -0.4 is 5.32 Å². The number of nitrogens with zero attached hydrogens (tertiary/aromatic N) is 4. The van der Waals surface area contributed by atoms with Crippen LogP contribution in [0.3, 0.4) is 0 Å². The normalized spacial score (nSPS) is 23.7. The van der Waals surface area contributed by atoms with E-state index in [9.17, 15) is 4.79 Å². The molecule has 0 unspecified atom stereocenters. The van der Waals surface area contributed by atoms with Crippen LogP contribution in [0, 0.1) is 0 Å². The van der Waals surface area contributed by atoms with Crippen molar-refractivity contribution in [1.29, 1.82) is 0 Å². The number of likely N-dealkylation sites (tertiary alicyclic amines) is 1. The monoisotopic (exact) mass is 319 g/mol. The van der Waals surface area contributed by atoms with Gasteiger partial charge in [-0.25, -0.2) is 4.79 Å². The van der Waals surface area contributed by atoms with Crippen molar-refractivity contribution in [2.24, 2.45) is 0 Å². The highest BCUT2D eigenvalue weighted by Gasteiger charge is 2.32. The van der Waals surface area contributed by atoms with Gasteiger partial charge in [0.2, 0.25) is 0 Å². The Labute approximate surface area is 136 Å². The van der Waals surface area contributed by atoms with Gasteiger partial charge in [0.15, 0.2) is 0 Å². The second-order valence-corrected chi connectivity index (χ2v) is 6.70. The Morgan fingerprint density at radius 1 is 1.26 bits per heavy atom. The van der Waals surface area contributed by atoms with Crippen LogP contribution in [0.5, 0.6) is 0 Å². The van der Waals surface area contributed by atoms with Gasteiger partial charge < -0.3 is 15.0 Å². The highest BCUT2D eigenvalue weighted by atomic mass is 16.6. The first-order chi connectivity index (χ1) is 11.3. The average molecular weight is 319 g/mol. The van der Waals surface area contributed by atoms with Gasteiger partial charge >= 0.3 is 6.09 Å². The first-order valence-electron chi connectivity index (χ1n) is 8.72. The molecule has 0 aromatic carbocycles. The van der Waals surface area contributed by atoms with Crippen LogP contribution in [0.25, 0.3) is 0 Å². The molecule has 2 saturated heterocycles. The molecule has 7 heteroatoms. The number of hydrogen-bond donors (Lipinski definition) is 1. The third-order valence-corrected chi connectivity index (χ3v) is 5.12. The van der Waals surface area contributed by atoms with E-state index in [1.54, 1.807) is 0 Å². The average Bonchev–Trinajstić information content (AvgIpc) is 3.08. The van der Waals surface area contributed by atoms with E-state index in [0.29, 0.717) is 12.6 Å². The van der Waals surface area contributed by atoms with Crippen molar-refractivity contribution in [2.75, 3.05) is 32.8 Å². The minimum absolute atomic E-state index is 0.131. The second kappa shape index (κ2) is 6.49. The summed E-state index contributed by atoms with van der Waals surface area (Å²) in [5.41, 5.74) is 2.47. The predicted octanol–water partition coefficient (Wildman–Crippen LogP) is 0.793. The smallest absolute Gasteiger partial charge is 0.410 e. The number of fused-ring (bicyclic) bond motifs is 1. The molecule has 3 aliphatic heterocycles. The number of hydrogen-bond acceptors (Lipinski definition) is 5. The summed E-state index contributed by atoms with van der Waals surface area (Å²) in [6.45, 7) is 7.28. The Kier molecular flexibility index (Phi) is 4.22. The van der Waals surface area contributed by atoms with Crippen molar-refractivity contribution < 1.29 is 9.53 Å². The minimum Gasteiger partial charge on any atom is -0.448 e. The fraction of sp³-hybridized carbons (Fsp3) is 0.750. The molecule has 0 saturated carbocycles. The lowest BCUT2D eigenvalue weighted by atomic mass is 10.0. The van der Waals surface area contributed by atoms with Gasteiger partial charge in [0.25, 0.3) is 0 Å². The number of carbonyl (C=O) groups is 1. The number of amides is 1. The van der Waals surface area contributed by atoms with Gasteiger partial charge in [-0.05, 0) is 31.9 Å². The van der Waals surface area contributed by atoms with Crippen molar-refractivity contribution >= 4 is 6.09 Å². The van der Waals surface area contributed by atoms with E-state index in [-0.39, 0.29) is 6.09 Å². The van der Waals surface area contributed by atoms with Crippen LogP contribution in [-0.2, 0) is 24.4 Å². The van der Waals surface area contributed by atoms with E-state index in [1.165, 1.54) is 11.4 Å². The Hall–Kier alpha value is -1.60. The van der Waals surface area contributed by atoms with Gasteiger partial charge in [-0.15, -0.1) is 0 Å². The van der Waals surface area contributed by atoms with E-state index >= 15 is 0 Å². The topological polar surface area (TPSA) is 62.6 Å². The number of nitrogens with one attached hydrogen (secondary N) is 1. The fourth-order valence-electron chi connectivity index (χ4n) is 3.85. The molecule has 7 nitrogen and oxygen atoms in total. The highest BCUT2D eigenvalue weighted by molar-refractivity contribution is 5.69. The molecule has 0 atom stereocenters. The van der Waals surface area contributed by atoms with E-state index < -0.39 is 0 Å². The van der Waals surface area contributed by atoms with Gasteiger partial charge in [0.1, 0.15) is 6.61 Å². The zero-order chi connectivity index (χ0) is 15.6. The molecule has 0 bridgehead atoms. The summed E-state index contributed by atoms with van der Waals surface area (Å²) in [6.07, 6.45) is 3.08. The quantitative estimate of drug-likeness (QED) is 0.893. The van der Waals surface area contributed by atoms with Gasteiger partial charge in [-0.1, -0.05) is 0 Å². The first kappa shape index (κ1) is 15.0. The zero-order valence-corrected chi connectivity index (χ0v) is 13.5. The first-order valence-corrected chi connectivity index (χ1v) is 8.72. The predicted molar refractivity (Wildman–Crippen MR) is 84.9 cm³/mol.